The summed E-state index contributed by atoms with van der Waals surface area (Å²) >= 11 is 5.82. The number of aromatic nitrogens is 2. The van der Waals surface area contributed by atoms with Gasteiger partial charge in [-0.15, -0.1) is 0 Å². The number of hydrogen-bond acceptors (Lipinski definition) is 4. The van der Waals surface area contributed by atoms with E-state index in [9.17, 15) is 9.90 Å². The molecule has 0 radical (unpaired) electrons. The predicted molar refractivity (Wildman–Crippen MR) is 81.6 cm³/mol. The molecule has 0 aliphatic rings. The van der Waals surface area contributed by atoms with E-state index >= 15 is 0 Å². The quantitative estimate of drug-likeness (QED) is 0.910. The Hall–Kier alpha value is -1.85. The molecule has 5 nitrogen and oxygen atoms in total. The van der Waals surface area contributed by atoms with Gasteiger partial charge in [-0.25, -0.2) is 0 Å². The number of aromatic hydroxyl groups is 1. The van der Waals surface area contributed by atoms with Gasteiger partial charge < -0.3 is 14.8 Å². The Balaban J connectivity index is 2.52. The third kappa shape index (κ3) is 3.25. The van der Waals surface area contributed by atoms with Crippen LogP contribution in [0.2, 0.25) is 5.02 Å². The van der Waals surface area contributed by atoms with E-state index in [1.54, 1.807) is 24.3 Å². The fourth-order valence-corrected chi connectivity index (χ4v) is 2.32. The van der Waals surface area contributed by atoms with Crippen LogP contribution in [0.5, 0.6) is 5.88 Å². The van der Waals surface area contributed by atoms with Crippen LogP contribution < -0.4 is 5.56 Å². The van der Waals surface area contributed by atoms with E-state index in [0.717, 1.165) is 0 Å². The number of nitrogens with zero attached hydrogens (tertiary/aromatic N) is 1. The molecule has 1 atom stereocenters. The van der Waals surface area contributed by atoms with E-state index in [1.807, 2.05) is 13.8 Å². The summed E-state index contributed by atoms with van der Waals surface area (Å²) < 4.78 is 5.31. The lowest BCUT2D eigenvalue weighted by atomic mass is 10.1. The van der Waals surface area contributed by atoms with Crippen LogP contribution in [0.15, 0.2) is 29.1 Å². The molecule has 6 heteroatoms. The molecule has 0 saturated heterocycles. The summed E-state index contributed by atoms with van der Waals surface area (Å²) in [5.74, 6) is 0.102. The number of rotatable bonds is 4. The third-order valence-corrected chi connectivity index (χ3v) is 3.43. The molecule has 0 fully saturated rings. The average molecular weight is 309 g/mol. The molecule has 112 valence electrons. The average Bonchev–Trinajstić information content (AvgIpc) is 2.40. The first-order valence-corrected chi connectivity index (χ1v) is 6.93. The molecule has 1 aromatic carbocycles. The molecule has 0 amide bonds. The zero-order chi connectivity index (χ0) is 15.6. The van der Waals surface area contributed by atoms with Gasteiger partial charge >= 0.3 is 0 Å². The van der Waals surface area contributed by atoms with Crippen molar-refractivity contribution in [1.82, 2.24) is 9.97 Å². The minimum absolute atomic E-state index is 0.110. The van der Waals surface area contributed by atoms with Crippen molar-refractivity contribution in [1.29, 1.82) is 0 Å². The van der Waals surface area contributed by atoms with Crippen LogP contribution in [-0.4, -0.2) is 22.2 Å². The normalized spacial score (nSPS) is 12.6. The van der Waals surface area contributed by atoms with Crippen molar-refractivity contribution >= 4 is 11.6 Å². The highest BCUT2D eigenvalue weighted by atomic mass is 35.5. The molecule has 0 spiro atoms. The van der Waals surface area contributed by atoms with Crippen molar-refractivity contribution in [3.8, 4) is 17.0 Å². The molecule has 0 saturated carbocycles. The van der Waals surface area contributed by atoms with Gasteiger partial charge in [0.1, 0.15) is 17.5 Å². The Morgan fingerprint density at radius 3 is 2.38 bits per heavy atom. The number of ether oxygens (including phenoxy) is 1. The Morgan fingerprint density at radius 1 is 1.29 bits per heavy atom. The predicted octanol–water partition coefficient (Wildman–Crippen LogP) is 3.14. The van der Waals surface area contributed by atoms with Crippen molar-refractivity contribution in [3.63, 3.8) is 0 Å². The highest BCUT2D eigenvalue weighted by Crippen LogP contribution is 2.28. The van der Waals surface area contributed by atoms with Gasteiger partial charge in [-0.2, -0.15) is 4.98 Å². The summed E-state index contributed by atoms with van der Waals surface area (Å²) in [5.41, 5.74) is 0.257. The van der Waals surface area contributed by atoms with E-state index in [2.05, 4.69) is 9.97 Å². The van der Waals surface area contributed by atoms with Gasteiger partial charge in [-0.1, -0.05) is 37.6 Å². The van der Waals surface area contributed by atoms with Crippen LogP contribution in [-0.2, 0) is 4.74 Å². The SMILES string of the molecule is COC(c1nc(O)c(-c2ccc(Cl)cc2)c(=O)[nH]1)C(C)C. The number of benzene rings is 1. The molecule has 1 aromatic heterocycles. The highest BCUT2D eigenvalue weighted by Gasteiger charge is 2.21. The first-order chi connectivity index (χ1) is 9.93. The van der Waals surface area contributed by atoms with Gasteiger partial charge in [0.25, 0.3) is 5.56 Å². The van der Waals surface area contributed by atoms with Gasteiger partial charge in [-0.3, -0.25) is 4.79 Å². The maximum Gasteiger partial charge on any atom is 0.262 e. The van der Waals surface area contributed by atoms with E-state index < -0.39 is 5.56 Å². The second kappa shape index (κ2) is 6.28. The van der Waals surface area contributed by atoms with Gasteiger partial charge in [0.05, 0.1) is 0 Å². The lowest BCUT2D eigenvalue weighted by Gasteiger charge is -2.18. The summed E-state index contributed by atoms with van der Waals surface area (Å²) in [6.45, 7) is 3.89. The maximum absolute atomic E-state index is 12.2. The van der Waals surface area contributed by atoms with Crippen LogP contribution in [0.1, 0.15) is 25.8 Å². The largest absolute Gasteiger partial charge is 0.493 e. The minimum atomic E-state index is -0.414. The van der Waals surface area contributed by atoms with E-state index in [-0.39, 0.29) is 23.5 Å². The second-order valence-corrected chi connectivity index (χ2v) is 5.49. The number of aromatic amines is 1. The monoisotopic (exact) mass is 308 g/mol. The number of methoxy groups -OCH3 is 1. The fraction of sp³-hybridized carbons (Fsp3) is 0.333. The van der Waals surface area contributed by atoms with Crippen molar-refractivity contribution in [2.75, 3.05) is 7.11 Å². The molecule has 2 rings (SSSR count). The Bertz CT molecular complexity index is 680. The number of halogens is 1. The Labute approximate surface area is 127 Å². The standard InChI is InChI=1S/C15H17ClN2O3/c1-8(2)12(21-3)13-17-14(19)11(15(20)18-13)9-4-6-10(16)7-5-9/h4-8,12H,1-3H3,(H2,17,18,19,20). The van der Waals surface area contributed by atoms with Gasteiger partial charge in [0, 0.05) is 12.1 Å². The van der Waals surface area contributed by atoms with Crippen LogP contribution >= 0.6 is 11.6 Å². The first-order valence-electron chi connectivity index (χ1n) is 6.56. The number of nitrogens with one attached hydrogen (secondary N) is 1. The Morgan fingerprint density at radius 2 is 1.90 bits per heavy atom. The summed E-state index contributed by atoms with van der Waals surface area (Å²) in [4.78, 5) is 19.0. The lowest BCUT2D eigenvalue weighted by Crippen LogP contribution is -2.20. The van der Waals surface area contributed by atoms with Gasteiger partial charge in [0.15, 0.2) is 0 Å². The molecule has 1 unspecified atom stereocenters. The van der Waals surface area contributed by atoms with Crippen LogP contribution in [0.25, 0.3) is 11.1 Å². The highest BCUT2D eigenvalue weighted by molar-refractivity contribution is 6.30. The molecular formula is C15H17ClN2O3. The molecule has 0 bridgehead atoms. The summed E-state index contributed by atoms with van der Waals surface area (Å²) in [7, 11) is 1.54. The van der Waals surface area contributed by atoms with E-state index in [1.165, 1.54) is 7.11 Å². The molecule has 0 aliphatic carbocycles. The second-order valence-electron chi connectivity index (χ2n) is 5.06. The molecule has 0 aliphatic heterocycles. The zero-order valence-corrected chi connectivity index (χ0v) is 12.8. The van der Waals surface area contributed by atoms with Crippen LogP contribution in [0.4, 0.5) is 0 Å². The van der Waals surface area contributed by atoms with Gasteiger partial charge in [0.2, 0.25) is 5.88 Å². The minimum Gasteiger partial charge on any atom is -0.493 e. The number of H-pyrrole nitrogens is 1. The van der Waals surface area contributed by atoms with Crippen molar-refractivity contribution in [2.45, 2.75) is 20.0 Å². The van der Waals surface area contributed by atoms with E-state index in [4.69, 9.17) is 16.3 Å². The zero-order valence-electron chi connectivity index (χ0n) is 12.1. The van der Waals surface area contributed by atoms with Crippen molar-refractivity contribution in [2.24, 2.45) is 5.92 Å². The maximum atomic E-state index is 12.2. The first kappa shape index (κ1) is 15.5. The third-order valence-electron chi connectivity index (χ3n) is 3.18. The van der Waals surface area contributed by atoms with Crippen LogP contribution in [0.3, 0.4) is 0 Å². The van der Waals surface area contributed by atoms with Crippen molar-refractivity contribution in [3.05, 3.63) is 45.5 Å². The van der Waals surface area contributed by atoms with E-state index in [0.29, 0.717) is 16.4 Å². The molecule has 2 aromatic rings. The Kier molecular flexibility index (Phi) is 4.65. The smallest absolute Gasteiger partial charge is 0.262 e. The lowest BCUT2D eigenvalue weighted by molar-refractivity contribution is 0.0568. The molecule has 2 N–H and O–H groups in total. The molecule has 21 heavy (non-hydrogen) atoms. The molecular weight excluding hydrogens is 292 g/mol. The van der Waals surface area contributed by atoms with Gasteiger partial charge in [-0.05, 0) is 23.6 Å². The summed E-state index contributed by atoms with van der Waals surface area (Å²) in [6.07, 6.45) is -0.386. The van der Waals surface area contributed by atoms with Crippen LogP contribution in [0, 0.1) is 5.92 Å². The fourth-order valence-electron chi connectivity index (χ4n) is 2.19. The molecule has 1 heterocycles. The summed E-state index contributed by atoms with van der Waals surface area (Å²) in [5, 5.41) is 10.7. The number of hydrogen-bond donors (Lipinski definition) is 2. The topological polar surface area (TPSA) is 75.2 Å². The van der Waals surface area contributed by atoms with Crippen molar-refractivity contribution < 1.29 is 9.84 Å². The summed E-state index contributed by atoms with van der Waals surface area (Å²) in [6, 6.07) is 6.61.